The zero-order valence-corrected chi connectivity index (χ0v) is 22.1. The molecule has 9 heteroatoms. The van der Waals surface area contributed by atoms with Crippen molar-refractivity contribution in [1.82, 2.24) is 19.6 Å². The Hall–Kier alpha value is -3.52. The first-order valence-corrected chi connectivity index (χ1v) is 13.1. The smallest absolute Gasteiger partial charge is 0.230 e. The standard InChI is InChI=1S/C29H24Cl2FN5O/c1-18-33-27-25(19-6-10-21(30)11-7-19)26(23-4-2-3-5-24(23)31)35-37(27)28(34-18)36-16-14-29(38,15-17-36)20-8-12-22(32)13-9-20/h2-13,38H,14-17H2,1H3. The second kappa shape index (κ2) is 9.66. The summed E-state index contributed by atoms with van der Waals surface area (Å²) in [6.07, 6.45) is 0.928. The molecular formula is C29H24Cl2FN5O. The number of fused-ring (bicyclic) bond motifs is 1. The molecule has 2 aromatic heterocycles. The molecule has 5 aromatic rings. The third kappa shape index (κ3) is 4.41. The fourth-order valence-electron chi connectivity index (χ4n) is 5.08. The number of aromatic nitrogens is 4. The van der Waals surface area contributed by atoms with Gasteiger partial charge in [0.2, 0.25) is 5.95 Å². The van der Waals surface area contributed by atoms with E-state index in [4.69, 9.17) is 38.3 Å². The molecule has 0 spiro atoms. The fourth-order valence-corrected chi connectivity index (χ4v) is 5.43. The van der Waals surface area contributed by atoms with Crippen molar-refractivity contribution in [3.8, 4) is 22.4 Å². The van der Waals surface area contributed by atoms with Gasteiger partial charge in [-0.05, 0) is 61.2 Å². The molecule has 1 fully saturated rings. The van der Waals surface area contributed by atoms with Gasteiger partial charge < -0.3 is 10.0 Å². The largest absolute Gasteiger partial charge is 0.385 e. The summed E-state index contributed by atoms with van der Waals surface area (Å²) in [5.41, 5.74) is 3.56. The van der Waals surface area contributed by atoms with Crippen molar-refractivity contribution in [2.24, 2.45) is 0 Å². The summed E-state index contributed by atoms with van der Waals surface area (Å²) in [5.74, 6) is 0.924. The summed E-state index contributed by atoms with van der Waals surface area (Å²) in [6, 6.07) is 21.2. The Morgan fingerprint density at radius 1 is 0.895 bits per heavy atom. The van der Waals surface area contributed by atoms with Crippen LogP contribution >= 0.6 is 23.2 Å². The number of benzene rings is 3. The number of hydrogen-bond acceptors (Lipinski definition) is 5. The van der Waals surface area contributed by atoms with Crippen LogP contribution in [-0.2, 0) is 5.60 Å². The average molecular weight is 548 g/mol. The molecule has 0 radical (unpaired) electrons. The Bertz CT molecular complexity index is 1630. The van der Waals surface area contributed by atoms with Crippen LogP contribution in [0, 0.1) is 12.7 Å². The zero-order valence-electron chi connectivity index (χ0n) is 20.6. The van der Waals surface area contributed by atoms with Gasteiger partial charge in [0.05, 0.1) is 16.2 Å². The Morgan fingerprint density at radius 2 is 1.58 bits per heavy atom. The molecule has 0 unspecified atom stereocenters. The number of halogens is 3. The minimum absolute atomic E-state index is 0.321. The summed E-state index contributed by atoms with van der Waals surface area (Å²) in [4.78, 5) is 11.7. The Labute approximate surface area is 229 Å². The van der Waals surface area contributed by atoms with Gasteiger partial charge in [-0.25, -0.2) is 9.37 Å². The molecule has 1 N–H and O–H groups in total. The number of hydrogen-bond donors (Lipinski definition) is 1. The van der Waals surface area contributed by atoms with Gasteiger partial charge in [-0.1, -0.05) is 65.7 Å². The Morgan fingerprint density at radius 3 is 2.26 bits per heavy atom. The van der Waals surface area contributed by atoms with Crippen LogP contribution in [0.15, 0.2) is 72.8 Å². The molecule has 0 amide bonds. The van der Waals surface area contributed by atoms with Gasteiger partial charge in [0.25, 0.3) is 0 Å². The molecule has 0 saturated carbocycles. The van der Waals surface area contributed by atoms with Crippen molar-refractivity contribution in [2.45, 2.75) is 25.4 Å². The third-order valence-corrected chi connectivity index (χ3v) is 7.68. The molecule has 1 aliphatic heterocycles. The molecule has 38 heavy (non-hydrogen) atoms. The minimum Gasteiger partial charge on any atom is -0.385 e. The monoisotopic (exact) mass is 547 g/mol. The number of rotatable bonds is 4. The van der Waals surface area contributed by atoms with E-state index in [0.29, 0.717) is 64.7 Å². The van der Waals surface area contributed by atoms with Crippen LogP contribution in [0.1, 0.15) is 24.2 Å². The summed E-state index contributed by atoms with van der Waals surface area (Å²) < 4.78 is 15.2. The maximum atomic E-state index is 13.4. The Kier molecular flexibility index (Phi) is 6.30. The minimum atomic E-state index is -1.04. The number of aryl methyl sites for hydroxylation is 1. The first kappa shape index (κ1) is 24.8. The molecule has 3 aromatic carbocycles. The number of nitrogens with zero attached hydrogens (tertiary/aromatic N) is 5. The maximum Gasteiger partial charge on any atom is 0.230 e. The van der Waals surface area contributed by atoms with Crippen LogP contribution in [0.2, 0.25) is 10.0 Å². The summed E-state index contributed by atoms with van der Waals surface area (Å²) in [6.45, 7) is 2.93. The van der Waals surface area contributed by atoms with Gasteiger partial charge in [-0.15, -0.1) is 0 Å². The lowest BCUT2D eigenvalue weighted by Gasteiger charge is -2.38. The van der Waals surface area contributed by atoms with E-state index in [1.54, 1.807) is 16.6 Å². The SMILES string of the molecule is Cc1nc(N2CCC(O)(c3ccc(F)cc3)CC2)n2nc(-c3ccccc3Cl)c(-c3ccc(Cl)cc3)c2n1. The lowest BCUT2D eigenvalue weighted by molar-refractivity contribution is 0.0114. The first-order valence-electron chi connectivity index (χ1n) is 12.3. The normalized spacial score (nSPS) is 15.2. The molecule has 6 nitrogen and oxygen atoms in total. The van der Waals surface area contributed by atoms with Gasteiger partial charge in [0, 0.05) is 23.7 Å². The highest BCUT2D eigenvalue weighted by Gasteiger charge is 2.35. The third-order valence-electron chi connectivity index (χ3n) is 7.10. The molecule has 1 aliphatic rings. The van der Waals surface area contributed by atoms with E-state index in [2.05, 4.69) is 4.90 Å². The topological polar surface area (TPSA) is 66.5 Å². The number of piperidine rings is 1. The van der Waals surface area contributed by atoms with Crippen molar-refractivity contribution in [3.63, 3.8) is 0 Å². The Balaban J connectivity index is 1.46. The van der Waals surface area contributed by atoms with E-state index in [1.807, 2.05) is 55.5 Å². The lowest BCUT2D eigenvalue weighted by Crippen LogP contribution is -2.43. The van der Waals surface area contributed by atoms with Crippen LogP contribution in [0.5, 0.6) is 0 Å². The van der Waals surface area contributed by atoms with E-state index >= 15 is 0 Å². The predicted molar refractivity (Wildman–Crippen MR) is 148 cm³/mol. The van der Waals surface area contributed by atoms with Gasteiger partial charge in [-0.2, -0.15) is 14.6 Å². The number of anilines is 1. The average Bonchev–Trinajstić information content (AvgIpc) is 3.29. The second-order valence-corrected chi connectivity index (χ2v) is 10.4. The van der Waals surface area contributed by atoms with Crippen molar-refractivity contribution in [3.05, 3.63) is 100 Å². The zero-order chi connectivity index (χ0) is 26.4. The van der Waals surface area contributed by atoms with Gasteiger partial charge in [0.15, 0.2) is 5.65 Å². The van der Waals surface area contributed by atoms with Crippen LogP contribution in [-0.4, -0.2) is 37.8 Å². The molecule has 192 valence electrons. The fraction of sp³-hybridized carbons (Fsp3) is 0.207. The molecule has 1 saturated heterocycles. The van der Waals surface area contributed by atoms with Gasteiger partial charge in [-0.3, -0.25) is 0 Å². The van der Waals surface area contributed by atoms with E-state index in [1.165, 1.54) is 12.1 Å². The van der Waals surface area contributed by atoms with Crippen LogP contribution in [0.3, 0.4) is 0 Å². The van der Waals surface area contributed by atoms with Crippen LogP contribution in [0.25, 0.3) is 28.0 Å². The first-order chi connectivity index (χ1) is 18.3. The molecule has 0 atom stereocenters. The second-order valence-electron chi connectivity index (χ2n) is 9.54. The highest BCUT2D eigenvalue weighted by molar-refractivity contribution is 6.33. The lowest BCUT2D eigenvalue weighted by atomic mass is 9.84. The predicted octanol–water partition coefficient (Wildman–Crippen LogP) is 6.70. The highest BCUT2D eigenvalue weighted by atomic mass is 35.5. The van der Waals surface area contributed by atoms with Gasteiger partial charge >= 0.3 is 0 Å². The van der Waals surface area contributed by atoms with Crippen molar-refractivity contribution < 1.29 is 9.50 Å². The summed E-state index contributed by atoms with van der Waals surface area (Å²) in [5, 5.41) is 17.5. The van der Waals surface area contributed by atoms with E-state index in [-0.39, 0.29) is 5.82 Å². The summed E-state index contributed by atoms with van der Waals surface area (Å²) in [7, 11) is 0. The quantitative estimate of drug-likeness (QED) is 0.271. The summed E-state index contributed by atoms with van der Waals surface area (Å²) >= 11 is 12.8. The molecule has 6 rings (SSSR count). The van der Waals surface area contributed by atoms with E-state index in [9.17, 15) is 9.50 Å². The van der Waals surface area contributed by atoms with E-state index in [0.717, 1.165) is 16.7 Å². The van der Waals surface area contributed by atoms with Crippen LogP contribution in [0.4, 0.5) is 10.3 Å². The maximum absolute atomic E-state index is 13.4. The molecule has 0 bridgehead atoms. The molecule has 3 heterocycles. The highest BCUT2D eigenvalue weighted by Crippen LogP contribution is 2.40. The van der Waals surface area contributed by atoms with Crippen molar-refractivity contribution >= 4 is 34.8 Å². The van der Waals surface area contributed by atoms with Crippen molar-refractivity contribution in [1.29, 1.82) is 0 Å². The van der Waals surface area contributed by atoms with E-state index < -0.39 is 5.60 Å². The molecule has 0 aliphatic carbocycles. The number of aliphatic hydroxyl groups is 1. The molecular weight excluding hydrogens is 524 g/mol. The van der Waals surface area contributed by atoms with Gasteiger partial charge in [0.1, 0.15) is 17.3 Å². The van der Waals surface area contributed by atoms with Crippen LogP contribution < -0.4 is 4.90 Å². The van der Waals surface area contributed by atoms with Crippen molar-refractivity contribution in [2.75, 3.05) is 18.0 Å².